The summed E-state index contributed by atoms with van der Waals surface area (Å²) in [7, 11) is 1.09. The highest BCUT2D eigenvalue weighted by Gasteiger charge is 2.43. The minimum absolute atomic E-state index is 0.334. The van der Waals surface area contributed by atoms with E-state index >= 15 is 0 Å². The second-order valence-electron chi connectivity index (χ2n) is 2.74. The molecule has 0 unspecified atom stereocenters. The average molecular weight is 239 g/mol. The fraction of sp³-hybridized carbons (Fsp3) is 0.571. The van der Waals surface area contributed by atoms with Crippen molar-refractivity contribution < 1.29 is 40.2 Å². The van der Waals surface area contributed by atoms with Gasteiger partial charge in [-0.15, -0.1) is 4.90 Å². The number of methoxy groups -OCH3 is 1. The molecule has 0 rings (SSSR count). The number of nitrogens with zero attached hydrogens (tertiary/aromatic N) is 1. The first kappa shape index (κ1) is 14.9. The first-order valence-electron chi connectivity index (χ1n) is 3.95. The molecule has 0 aliphatic rings. The second kappa shape index (κ2) is 5.32. The summed E-state index contributed by atoms with van der Waals surface area (Å²) in [5.41, 5.74) is 0. The summed E-state index contributed by atoms with van der Waals surface area (Å²) in [6.07, 6.45) is -5.66. The van der Waals surface area contributed by atoms with Crippen LogP contribution in [0.1, 0.15) is 0 Å². The highest BCUT2D eigenvalue weighted by molar-refractivity contribution is 5.81. The van der Waals surface area contributed by atoms with Gasteiger partial charge in [0.1, 0.15) is 0 Å². The fourth-order valence-electron chi connectivity index (χ4n) is 0.769. The zero-order valence-corrected chi connectivity index (χ0v) is 8.31. The third kappa shape index (κ3) is 5.14. The Bertz CT molecular complexity index is 249. The van der Waals surface area contributed by atoms with Crippen LogP contribution in [-0.2, 0) is 9.53 Å². The summed E-state index contributed by atoms with van der Waals surface area (Å²) in [4.78, 5) is 10.3. The van der Waals surface area contributed by atoms with Gasteiger partial charge >= 0.3 is 18.2 Å². The van der Waals surface area contributed by atoms with Gasteiger partial charge in [0.05, 0.1) is 7.11 Å². The summed E-state index contributed by atoms with van der Waals surface area (Å²) in [6.45, 7) is -0.762. The molecule has 9 nitrogen and oxygen atoms in total. The van der Waals surface area contributed by atoms with Crippen molar-refractivity contribution in [2.75, 3.05) is 13.7 Å². The number of carbonyl (C=O) groups excluding carboxylic acids is 1. The van der Waals surface area contributed by atoms with Gasteiger partial charge in [0.2, 0.25) is 0 Å². The maximum Gasteiger partial charge on any atom is 0.352 e. The Labute approximate surface area is 90.0 Å². The van der Waals surface area contributed by atoms with Gasteiger partial charge < -0.3 is 35.4 Å². The van der Waals surface area contributed by atoms with Crippen LogP contribution in [0.25, 0.3) is 0 Å². The van der Waals surface area contributed by atoms with Crippen LogP contribution in [0.2, 0.25) is 0 Å². The van der Waals surface area contributed by atoms with Crippen molar-refractivity contribution in [2.24, 2.45) is 0 Å². The highest BCUT2D eigenvalue weighted by atomic mass is 16.8. The van der Waals surface area contributed by atoms with E-state index in [-0.39, 0.29) is 4.90 Å². The lowest BCUT2D eigenvalue weighted by molar-refractivity contribution is -0.507. The lowest BCUT2D eigenvalue weighted by Crippen LogP contribution is -2.61. The van der Waals surface area contributed by atoms with Crippen LogP contribution in [0.15, 0.2) is 12.2 Å². The molecule has 0 aliphatic heterocycles. The van der Waals surface area contributed by atoms with Crippen molar-refractivity contribution >= 4 is 5.97 Å². The molecule has 0 heterocycles. The van der Waals surface area contributed by atoms with Crippen LogP contribution in [-0.4, -0.2) is 67.4 Å². The van der Waals surface area contributed by atoms with Gasteiger partial charge in [-0.1, -0.05) is 6.08 Å². The van der Waals surface area contributed by atoms with Crippen molar-refractivity contribution in [3.05, 3.63) is 12.2 Å². The van der Waals surface area contributed by atoms with E-state index in [2.05, 4.69) is 4.74 Å². The molecule has 94 valence electrons. The second-order valence-corrected chi connectivity index (χ2v) is 2.74. The van der Waals surface area contributed by atoms with Crippen molar-refractivity contribution in [1.29, 1.82) is 0 Å². The van der Waals surface area contributed by atoms with E-state index in [0.29, 0.717) is 0 Å². The van der Waals surface area contributed by atoms with Crippen molar-refractivity contribution in [3.63, 3.8) is 0 Å². The Hall–Kier alpha value is -1.07. The molecule has 0 aromatic heterocycles. The number of ether oxygens (including phenoxy) is 1. The first-order valence-corrected chi connectivity index (χ1v) is 3.95. The zero-order valence-electron chi connectivity index (χ0n) is 8.31. The number of rotatable bonds is 5. The predicted molar refractivity (Wildman–Crippen MR) is 46.6 cm³/mol. The monoisotopic (exact) mass is 239 g/mol. The molecule has 9 heteroatoms. The van der Waals surface area contributed by atoms with Gasteiger partial charge in [-0.2, -0.15) is 0 Å². The lowest BCUT2D eigenvalue weighted by atomic mass is 10.4. The van der Waals surface area contributed by atoms with Gasteiger partial charge in [-0.25, -0.2) is 4.79 Å². The molecule has 0 saturated heterocycles. The first-order chi connectivity index (χ1) is 7.09. The molecule has 0 amide bonds. The lowest BCUT2D eigenvalue weighted by Gasteiger charge is -2.34. The van der Waals surface area contributed by atoms with Gasteiger partial charge in [-0.05, 0) is 0 Å². The number of aliphatic hydroxyl groups is 6. The fourth-order valence-corrected chi connectivity index (χ4v) is 0.769. The Balaban J connectivity index is 4.60. The van der Waals surface area contributed by atoms with E-state index in [4.69, 9.17) is 30.6 Å². The van der Waals surface area contributed by atoms with Gasteiger partial charge in [-0.3, -0.25) is 0 Å². The summed E-state index contributed by atoms with van der Waals surface area (Å²) < 4.78 is 4.18. The zero-order chi connectivity index (χ0) is 13.0. The van der Waals surface area contributed by atoms with Crippen molar-refractivity contribution in [2.45, 2.75) is 12.2 Å². The van der Waals surface area contributed by atoms with E-state index < -0.39 is 24.7 Å². The summed E-state index contributed by atoms with van der Waals surface area (Å²) in [5.74, 6) is -0.793. The average Bonchev–Trinajstić information content (AvgIpc) is 2.07. The SMILES string of the molecule is COC(=O)/C=C/CN(C(O)(O)O)C(O)(O)O. The maximum atomic E-state index is 10.6. The standard InChI is InChI=1S/C7H13NO8/c1-16-5(9)3-2-4-8(6(10,11)12)7(13,14)15/h2-3,10-15H,4H2,1H3/b3-2+. The molecule has 0 bridgehead atoms. The van der Waals surface area contributed by atoms with E-state index in [0.717, 1.165) is 19.3 Å². The maximum absolute atomic E-state index is 10.6. The molecular formula is C7H13NO8. The molecule has 0 aliphatic carbocycles. The molecule has 16 heavy (non-hydrogen) atoms. The third-order valence-electron chi connectivity index (χ3n) is 1.47. The largest absolute Gasteiger partial charge is 0.466 e. The van der Waals surface area contributed by atoms with Crippen molar-refractivity contribution in [1.82, 2.24) is 4.90 Å². The summed E-state index contributed by atoms with van der Waals surface area (Å²) >= 11 is 0. The van der Waals surface area contributed by atoms with E-state index in [1.807, 2.05) is 0 Å². The molecule has 0 fully saturated rings. The smallest absolute Gasteiger partial charge is 0.352 e. The molecule has 0 atom stereocenters. The predicted octanol–water partition coefficient (Wildman–Crippen LogP) is -3.81. The van der Waals surface area contributed by atoms with E-state index in [9.17, 15) is 4.79 Å². The van der Waals surface area contributed by atoms with Crippen LogP contribution in [0.4, 0.5) is 0 Å². The molecule has 0 aromatic carbocycles. The molecule has 6 N–H and O–H groups in total. The quantitative estimate of drug-likeness (QED) is 0.161. The summed E-state index contributed by atoms with van der Waals surface area (Å²) in [5, 5.41) is 51.9. The Morgan fingerprint density at radius 3 is 1.94 bits per heavy atom. The number of hydrogen-bond acceptors (Lipinski definition) is 9. The normalized spacial score (nSPS) is 13.5. The molecular weight excluding hydrogens is 226 g/mol. The topological polar surface area (TPSA) is 151 Å². The minimum Gasteiger partial charge on any atom is -0.466 e. The van der Waals surface area contributed by atoms with Crippen molar-refractivity contribution in [3.8, 4) is 0 Å². The van der Waals surface area contributed by atoms with Crippen LogP contribution >= 0.6 is 0 Å². The van der Waals surface area contributed by atoms with Crippen LogP contribution in [0.3, 0.4) is 0 Å². The molecule has 0 spiro atoms. The molecule has 0 saturated carbocycles. The Morgan fingerprint density at radius 2 is 1.62 bits per heavy atom. The van der Waals surface area contributed by atoms with Gasteiger partial charge in [0, 0.05) is 12.6 Å². The Morgan fingerprint density at radius 1 is 1.19 bits per heavy atom. The number of esters is 1. The molecule has 0 radical (unpaired) electrons. The highest BCUT2D eigenvalue weighted by Crippen LogP contribution is 2.13. The summed E-state index contributed by atoms with van der Waals surface area (Å²) in [6, 6.07) is 0. The van der Waals surface area contributed by atoms with E-state index in [1.54, 1.807) is 0 Å². The third-order valence-corrected chi connectivity index (χ3v) is 1.47. The van der Waals surface area contributed by atoms with Crippen LogP contribution < -0.4 is 0 Å². The Kier molecular flexibility index (Phi) is 4.96. The number of carbonyl (C=O) groups is 1. The van der Waals surface area contributed by atoms with Crippen LogP contribution in [0.5, 0.6) is 0 Å². The van der Waals surface area contributed by atoms with Crippen LogP contribution in [0, 0.1) is 0 Å². The number of hydrogen-bond donors (Lipinski definition) is 6. The van der Waals surface area contributed by atoms with E-state index in [1.165, 1.54) is 0 Å². The van der Waals surface area contributed by atoms with Gasteiger partial charge in [0.15, 0.2) is 0 Å². The minimum atomic E-state index is -3.68. The molecule has 0 aromatic rings. The van der Waals surface area contributed by atoms with Gasteiger partial charge in [0.25, 0.3) is 0 Å².